The SMILES string of the molecule is COC(=O)c1ccc(C(N)CC2CCC2)o1. The van der Waals surface area contributed by atoms with Crippen molar-refractivity contribution in [3.63, 3.8) is 0 Å². The first-order chi connectivity index (χ1) is 7.70. The lowest BCUT2D eigenvalue weighted by Crippen LogP contribution is -2.19. The predicted octanol–water partition coefficient (Wildman–Crippen LogP) is 2.26. The molecule has 2 N–H and O–H groups in total. The zero-order chi connectivity index (χ0) is 11.5. The maximum atomic E-state index is 11.2. The molecular weight excluding hydrogens is 206 g/mol. The van der Waals surface area contributed by atoms with E-state index in [1.807, 2.05) is 0 Å². The summed E-state index contributed by atoms with van der Waals surface area (Å²) in [5.74, 6) is 1.16. The number of hydrogen-bond donors (Lipinski definition) is 1. The molecule has 0 saturated heterocycles. The minimum absolute atomic E-state index is 0.108. The number of rotatable bonds is 4. The molecule has 1 aliphatic carbocycles. The summed E-state index contributed by atoms with van der Waals surface area (Å²) < 4.78 is 9.94. The molecule has 1 atom stereocenters. The summed E-state index contributed by atoms with van der Waals surface area (Å²) >= 11 is 0. The average molecular weight is 223 g/mol. The molecule has 0 aliphatic heterocycles. The molecule has 1 heterocycles. The number of methoxy groups -OCH3 is 1. The summed E-state index contributed by atoms with van der Waals surface area (Å²) in [4.78, 5) is 11.2. The molecule has 0 bridgehead atoms. The number of esters is 1. The molecule has 0 spiro atoms. The highest BCUT2D eigenvalue weighted by molar-refractivity contribution is 5.86. The van der Waals surface area contributed by atoms with Gasteiger partial charge >= 0.3 is 5.97 Å². The van der Waals surface area contributed by atoms with Gasteiger partial charge in [0.05, 0.1) is 13.2 Å². The van der Waals surface area contributed by atoms with Gasteiger partial charge in [-0.2, -0.15) is 0 Å². The van der Waals surface area contributed by atoms with Gasteiger partial charge < -0.3 is 14.9 Å². The Morgan fingerprint density at radius 2 is 2.38 bits per heavy atom. The minimum Gasteiger partial charge on any atom is -0.463 e. The van der Waals surface area contributed by atoms with Crippen LogP contribution in [0.1, 0.15) is 48.0 Å². The highest BCUT2D eigenvalue weighted by atomic mass is 16.5. The molecule has 2 rings (SSSR count). The zero-order valence-corrected chi connectivity index (χ0v) is 9.44. The van der Waals surface area contributed by atoms with Gasteiger partial charge in [0.2, 0.25) is 5.76 Å². The smallest absolute Gasteiger partial charge is 0.373 e. The van der Waals surface area contributed by atoms with Gasteiger partial charge in [0.25, 0.3) is 0 Å². The van der Waals surface area contributed by atoms with Crippen LogP contribution in [0.15, 0.2) is 16.5 Å². The standard InChI is InChI=1S/C12H17NO3/c1-15-12(14)11-6-5-10(16-11)9(13)7-8-3-2-4-8/h5-6,8-9H,2-4,7,13H2,1H3. The van der Waals surface area contributed by atoms with Gasteiger partial charge in [-0.3, -0.25) is 0 Å². The van der Waals surface area contributed by atoms with E-state index in [4.69, 9.17) is 10.2 Å². The van der Waals surface area contributed by atoms with Crippen molar-refractivity contribution in [2.75, 3.05) is 7.11 Å². The van der Waals surface area contributed by atoms with Crippen LogP contribution in [0.3, 0.4) is 0 Å². The first-order valence-electron chi connectivity index (χ1n) is 5.64. The molecule has 16 heavy (non-hydrogen) atoms. The second-order valence-electron chi connectivity index (χ2n) is 4.33. The maximum Gasteiger partial charge on any atom is 0.373 e. The van der Waals surface area contributed by atoms with Crippen molar-refractivity contribution in [2.24, 2.45) is 11.7 Å². The highest BCUT2D eigenvalue weighted by Gasteiger charge is 2.23. The number of ether oxygens (including phenoxy) is 1. The molecule has 88 valence electrons. The first-order valence-corrected chi connectivity index (χ1v) is 5.64. The summed E-state index contributed by atoms with van der Waals surface area (Å²) in [6.45, 7) is 0. The van der Waals surface area contributed by atoms with Gasteiger partial charge in [0.1, 0.15) is 5.76 Å². The lowest BCUT2D eigenvalue weighted by Gasteiger charge is -2.27. The van der Waals surface area contributed by atoms with Crippen molar-refractivity contribution >= 4 is 5.97 Å². The summed E-state index contributed by atoms with van der Waals surface area (Å²) in [7, 11) is 1.33. The summed E-state index contributed by atoms with van der Waals surface area (Å²) in [6.07, 6.45) is 4.77. The predicted molar refractivity (Wildman–Crippen MR) is 58.9 cm³/mol. The number of nitrogens with two attached hydrogens (primary N) is 1. The van der Waals surface area contributed by atoms with Crippen LogP contribution in [-0.2, 0) is 4.74 Å². The van der Waals surface area contributed by atoms with Crippen molar-refractivity contribution in [1.29, 1.82) is 0 Å². The van der Waals surface area contributed by atoms with Crippen LogP contribution in [0, 0.1) is 5.92 Å². The molecule has 4 heteroatoms. The molecule has 4 nitrogen and oxygen atoms in total. The third-order valence-corrected chi connectivity index (χ3v) is 3.19. The second kappa shape index (κ2) is 4.70. The Hall–Kier alpha value is -1.29. The lowest BCUT2D eigenvalue weighted by atomic mass is 9.80. The van der Waals surface area contributed by atoms with Crippen LogP contribution in [0.25, 0.3) is 0 Å². The maximum absolute atomic E-state index is 11.2. The van der Waals surface area contributed by atoms with E-state index in [-0.39, 0.29) is 11.8 Å². The van der Waals surface area contributed by atoms with E-state index in [0.717, 1.165) is 12.3 Å². The molecular formula is C12H17NO3. The summed E-state index contributed by atoms with van der Waals surface area (Å²) in [5.41, 5.74) is 6.01. The number of furan rings is 1. The molecule has 1 fully saturated rings. The van der Waals surface area contributed by atoms with Crippen LogP contribution >= 0.6 is 0 Å². The minimum atomic E-state index is -0.456. The summed E-state index contributed by atoms with van der Waals surface area (Å²) in [6, 6.07) is 3.26. The number of carbonyl (C=O) groups is 1. The Labute approximate surface area is 94.8 Å². The first kappa shape index (κ1) is 11.2. The summed E-state index contributed by atoms with van der Waals surface area (Å²) in [5, 5.41) is 0. The van der Waals surface area contributed by atoms with Gasteiger partial charge in [-0.1, -0.05) is 19.3 Å². The van der Waals surface area contributed by atoms with Crippen molar-refractivity contribution in [3.8, 4) is 0 Å². The molecule has 0 aromatic carbocycles. The van der Waals surface area contributed by atoms with E-state index < -0.39 is 5.97 Å². The van der Waals surface area contributed by atoms with Gasteiger partial charge in [-0.05, 0) is 24.5 Å². The Morgan fingerprint density at radius 3 is 2.94 bits per heavy atom. The fourth-order valence-electron chi connectivity index (χ4n) is 1.97. The highest BCUT2D eigenvalue weighted by Crippen LogP contribution is 2.34. The van der Waals surface area contributed by atoms with Gasteiger partial charge in [-0.25, -0.2) is 4.79 Å². The van der Waals surface area contributed by atoms with Crippen molar-refractivity contribution in [1.82, 2.24) is 0 Å². The fraction of sp³-hybridized carbons (Fsp3) is 0.583. The third kappa shape index (κ3) is 2.27. The van der Waals surface area contributed by atoms with Crippen LogP contribution in [0.4, 0.5) is 0 Å². The van der Waals surface area contributed by atoms with E-state index in [2.05, 4.69) is 4.74 Å². The van der Waals surface area contributed by atoms with Gasteiger partial charge in [0.15, 0.2) is 0 Å². The molecule has 1 aromatic rings. The van der Waals surface area contributed by atoms with E-state index >= 15 is 0 Å². The van der Waals surface area contributed by atoms with Gasteiger partial charge in [-0.15, -0.1) is 0 Å². The van der Waals surface area contributed by atoms with Crippen LogP contribution in [0.2, 0.25) is 0 Å². The zero-order valence-electron chi connectivity index (χ0n) is 9.44. The van der Waals surface area contributed by atoms with Crippen LogP contribution in [-0.4, -0.2) is 13.1 Å². The van der Waals surface area contributed by atoms with E-state index in [1.165, 1.54) is 26.4 Å². The second-order valence-corrected chi connectivity index (χ2v) is 4.33. The van der Waals surface area contributed by atoms with Gasteiger partial charge in [0, 0.05) is 0 Å². The number of hydrogen-bond acceptors (Lipinski definition) is 4. The van der Waals surface area contributed by atoms with E-state index in [1.54, 1.807) is 12.1 Å². The Balaban J connectivity index is 1.97. The molecule has 0 radical (unpaired) electrons. The lowest BCUT2D eigenvalue weighted by molar-refractivity contribution is 0.0562. The van der Waals surface area contributed by atoms with Crippen molar-refractivity contribution in [2.45, 2.75) is 31.7 Å². The molecule has 0 amide bonds. The van der Waals surface area contributed by atoms with E-state index in [0.29, 0.717) is 5.76 Å². The Kier molecular flexibility index (Phi) is 3.29. The van der Waals surface area contributed by atoms with E-state index in [9.17, 15) is 4.79 Å². The molecule has 1 aromatic heterocycles. The molecule has 1 aliphatic rings. The topological polar surface area (TPSA) is 65.5 Å². The quantitative estimate of drug-likeness (QED) is 0.795. The average Bonchev–Trinajstić information content (AvgIpc) is 2.71. The van der Waals surface area contributed by atoms with Crippen LogP contribution in [0.5, 0.6) is 0 Å². The fourth-order valence-corrected chi connectivity index (χ4v) is 1.97. The van der Waals surface area contributed by atoms with Crippen LogP contribution < -0.4 is 5.73 Å². The Bertz CT molecular complexity index is 368. The molecule has 1 unspecified atom stereocenters. The van der Waals surface area contributed by atoms with Crippen molar-refractivity contribution in [3.05, 3.63) is 23.7 Å². The normalized spacial score (nSPS) is 17.9. The largest absolute Gasteiger partial charge is 0.463 e. The third-order valence-electron chi connectivity index (χ3n) is 3.19. The molecule has 1 saturated carbocycles. The Morgan fingerprint density at radius 1 is 1.62 bits per heavy atom. The monoisotopic (exact) mass is 223 g/mol. The number of carbonyl (C=O) groups excluding carboxylic acids is 1. The van der Waals surface area contributed by atoms with Crippen molar-refractivity contribution < 1.29 is 13.9 Å².